The summed E-state index contributed by atoms with van der Waals surface area (Å²) in [5.74, 6) is -2.53. The molecule has 0 aliphatic rings. The average molecular weight is 145 g/mol. The minimum atomic E-state index is -2.29. The van der Waals surface area contributed by atoms with Gasteiger partial charge in [-0.2, -0.15) is 0 Å². The van der Waals surface area contributed by atoms with Crippen LogP contribution >= 0.6 is 0 Å². The third-order valence-corrected chi connectivity index (χ3v) is 1.43. The zero-order valence-corrected chi connectivity index (χ0v) is 5.88. The Bertz CT molecular complexity index is 147. The highest BCUT2D eigenvalue weighted by Crippen LogP contribution is 2.09. The van der Waals surface area contributed by atoms with E-state index in [1.165, 1.54) is 6.92 Å². The van der Waals surface area contributed by atoms with Crippen LogP contribution in [0.1, 0.15) is 20.3 Å². The Morgan fingerprint density at radius 2 is 2.00 bits per heavy atom. The molecule has 0 aromatic heterocycles. The second-order valence-corrected chi connectivity index (χ2v) is 2.06. The highest BCUT2D eigenvalue weighted by molar-refractivity contribution is 6.04. The molecule has 0 radical (unpaired) electrons. The lowest BCUT2D eigenvalue weighted by Crippen LogP contribution is -2.52. The molecule has 10 heavy (non-hydrogen) atoms. The van der Waals surface area contributed by atoms with Gasteiger partial charge in [-0.25, -0.2) is 0 Å². The minimum absolute atomic E-state index is 0.162. The molecule has 0 heterocycles. The summed E-state index contributed by atoms with van der Waals surface area (Å²) in [5, 5.41) is 19.1. The van der Waals surface area contributed by atoms with Gasteiger partial charge in [0.05, 0.1) is 5.97 Å². The van der Waals surface area contributed by atoms with E-state index in [4.69, 9.17) is 5.11 Å². The van der Waals surface area contributed by atoms with Gasteiger partial charge < -0.3 is 15.0 Å². The maximum atomic E-state index is 10.5. The van der Waals surface area contributed by atoms with Gasteiger partial charge in [-0.1, -0.05) is 6.92 Å². The highest BCUT2D eigenvalue weighted by Gasteiger charge is 2.31. The van der Waals surface area contributed by atoms with E-state index >= 15 is 0 Å². The molecule has 1 atom stereocenters. The van der Waals surface area contributed by atoms with Gasteiger partial charge in [0.2, 0.25) is 0 Å². The molecular weight excluding hydrogens is 136 g/mol. The summed E-state index contributed by atoms with van der Waals surface area (Å²) < 4.78 is 0. The van der Waals surface area contributed by atoms with Crippen molar-refractivity contribution in [3.63, 3.8) is 0 Å². The molecule has 0 rings (SSSR count). The number of carbonyl (C=O) groups is 2. The zero-order valence-electron chi connectivity index (χ0n) is 5.88. The van der Waals surface area contributed by atoms with Gasteiger partial charge in [0.25, 0.3) is 0 Å². The number of hydrogen-bond donors (Lipinski definition) is 1. The number of aliphatic carboxylic acids is 1. The number of carboxylic acid groups (broad SMARTS) is 1. The van der Waals surface area contributed by atoms with Gasteiger partial charge in [0, 0.05) is 0 Å². The molecule has 0 aromatic carbocycles. The molecule has 0 saturated carbocycles. The van der Waals surface area contributed by atoms with Crippen molar-refractivity contribution in [2.24, 2.45) is 0 Å². The van der Waals surface area contributed by atoms with Crippen LogP contribution in [0.4, 0.5) is 0 Å². The third kappa shape index (κ3) is 1.33. The standard InChI is InChI=1S/C6H10O4/c1-3-6(10,4(2)7)5(8)9/h10H,3H2,1-2H3,(H,8,9)/p-1/t6-/m0/s1. The SMILES string of the molecule is CC[C@](O)(C(C)=O)C(=O)[O-]. The minimum Gasteiger partial charge on any atom is -0.547 e. The van der Waals surface area contributed by atoms with Crippen molar-refractivity contribution in [1.82, 2.24) is 0 Å². The van der Waals surface area contributed by atoms with Crippen LogP contribution in [0.25, 0.3) is 0 Å². The fourth-order valence-corrected chi connectivity index (χ4v) is 0.537. The van der Waals surface area contributed by atoms with Crippen LogP contribution in [0.2, 0.25) is 0 Å². The number of Topliss-reactive ketones (excluding diaryl/α,β-unsaturated/α-hetero) is 1. The van der Waals surface area contributed by atoms with Crippen molar-refractivity contribution in [3.8, 4) is 0 Å². The summed E-state index contributed by atoms with van der Waals surface area (Å²) in [4.78, 5) is 20.6. The lowest BCUT2D eigenvalue weighted by molar-refractivity contribution is -0.321. The van der Waals surface area contributed by atoms with Crippen molar-refractivity contribution >= 4 is 11.8 Å². The van der Waals surface area contributed by atoms with E-state index in [9.17, 15) is 14.7 Å². The van der Waals surface area contributed by atoms with Crippen LogP contribution in [0, 0.1) is 0 Å². The number of ketones is 1. The van der Waals surface area contributed by atoms with E-state index in [0.29, 0.717) is 0 Å². The molecule has 0 amide bonds. The summed E-state index contributed by atoms with van der Waals surface area (Å²) >= 11 is 0. The molecule has 1 N–H and O–H groups in total. The molecule has 4 heteroatoms. The van der Waals surface area contributed by atoms with Gasteiger partial charge in [0.1, 0.15) is 0 Å². The first-order valence-electron chi connectivity index (χ1n) is 2.90. The van der Waals surface area contributed by atoms with Crippen LogP contribution < -0.4 is 5.11 Å². The van der Waals surface area contributed by atoms with Crippen molar-refractivity contribution in [3.05, 3.63) is 0 Å². The Morgan fingerprint density at radius 1 is 1.60 bits per heavy atom. The normalized spacial score (nSPS) is 15.9. The van der Waals surface area contributed by atoms with Crippen LogP contribution in [-0.2, 0) is 9.59 Å². The molecule has 0 unspecified atom stereocenters. The van der Waals surface area contributed by atoms with Crippen molar-refractivity contribution in [2.75, 3.05) is 0 Å². The Kier molecular flexibility index (Phi) is 2.54. The molecule has 0 aromatic rings. The number of hydrogen-bond acceptors (Lipinski definition) is 4. The van der Waals surface area contributed by atoms with E-state index in [1.54, 1.807) is 0 Å². The quantitative estimate of drug-likeness (QED) is 0.488. The van der Waals surface area contributed by atoms with E-state index in [-0.39, 0.29) is 6.42 Å². The second kappa shape index (κ2) is 2.79. The zero-order chi connectivity index (χ0) is 8.36. The number of carbonyl (C=O) groups excluding carboxylic acids is 2. The molecule has 0 saturated heterocycles. The Morgan fingerprint density at radius 3 is 2.00 bits per heavy atom. The summed E-state index contributed by atoms with van der Waals surface area (Å²) in [7, 11) is 0. The number of carboxylic acids is 1. The predicted molar refractivity (Wildman–Crippen MR) is 30.9 cm³/mol. The number of aliphatic hydroxyl groups is 1. The summed E-state index contributed by atoms with van der Waals surface area (Å²) in [6, 6.07) is 0. The Labute approximate surface area is 58.5 Å². The Balaban J connectivity index is 4.55. The second-order valence-electron chi connectivity index (χ2n) is 2.06. The molecule has 58 valence electrons. The lowest BCUT2D eigenvalue weighted by atomic mass is 9.97. The highest BCUT2D eigenvalue weighted by atomic mass is 16.4. The maximum Gasteiger partial charge on any atom is 0.167 e. The van der Waals surface area contributed by atoms with Gasteiger partial charge >= 0.3 is 0 Å². The summed E-state index contributed by atoms with van der Waals surface area (Å²) in [6.45, 7) is 2.41. The molecule has 0 fully saturated rings. The third-order valence-electron chi connectivity index (χ3n) is 1.43. The van der Waals surface area contributed by atoms with Crippen molar-refractivity contribution < 1.29 is 19.8 Å². The predicted octanol–water partition coefficient (Wildman–Crippen LogP) is -1.53. The fraction of sp³-hybridized carbons (Fsp3) is 0.667. The molecular formula is C6H9O4-. The monoisotopic (exact) mass is 145 g/mol. The average Bonchev–Trinajstić information content (AvgIpc) is 1.85. The van der Waals surface area contributed by atoms with Crippen LogP contribution in [0.5, 0.6) is 0 Å². The first-order chi connectivity index (χ1) is 4.45. The Hall–Kier alpha value is -0.900. The summed E-state index contributed by atoms with van der Waals surface area (Å²) in [5.41, 5.74) is -2.29. The molecule has 0 spiro atoms. The van der Waals surface area contributed by atoms with Crippen LogP contribution in [0.3, 0.4) is 0 Å². The molecule has 0 aliphatic carbocycles. The summed E-state index contributed by atoms with van der Waals surface area (Å²) in [6.07, 6.45) is -0.162. The van der Waals surface area contributed by atoms with Gasteiger partial charge in [0.15, 0.2) is 11.4 Å². The topological polar surface area (TPSA) is 77.4 Å². The largest absolute Gasteiger partial charge is 0.547 e. The maximum absolute atomic E-state index is 10.5. The van der Waals surface area contributed by atoms with Crippen LogP contribution in [0.15, 0.2) is 0 Å². The fourth-order valence-electron chi connectivity index (χ4n) is 0.537. The van der Waals surface area contributed by atoms with Crippen molar-refractivity contribution in [1.29, 1.82) is 0 Å². The smallest absolute Gasteiger partial charge is 0.167 e. The van der Waals surface area contributed by atoms with E-state index in [1.807, 2.05) is 0 Å². The van der Waals surface area contributed by atoms with Gasteiger partial charge in [-0.05, 0) is 13.3 Å². The molecule has 0 aliphatic heterocycles. The molecule has 4 nitrogen and oxygen atoms in total. The van der Waals surface area contributed by atoms with E-state index < -0.39 is 17.4 Å². The first kappa shape index (κ1) is 9.10. The van der Waals surface area contributed by atoms with Crippen molar-refractivity contribution in [2.45, 2.75) is 25.9 Å². The first-order valence-corrected chi connectivity index (χ1v) is 2.90. The lowest BCUT2D eigenvalue weighted by Gasteiger charge is -2.23. The van der Waals surface area contributed by atoms with Gasteiger partial charge in [-0.15, -0.1) is 0 Å². The van der Waals surface area contributed by atoms with E-state index in [2.05, 4.69) is 0 Å². The van der Waals surface area contributed by atoms with E-state index in [0.717, 1.165) is 6.92 Å². The number of rotatable bonds is 3. The van der Waals surface area contributed by atoms with Crippen LogP contribution in [-0.4, -0.2) is 22.5 Å². The molecule has 0 bridgehead atoms. The van der Waals surface area contributed by atoms with Gasteiger partial charge in [-0.3, -0.25) is 4.79 Å².